The Labute approximate surface area is 170 Å². The van der Waals surface area contributed by atoms with E-state index >= 15 is 0 Å². The highest BCUT2D eigenvalue weighted by Crippen LogP contribution is 2.81. The standard InChI is InChI=1S/C19H19F2N3O.C4H10/c1-9-11-6-7-13-15-12(19(9,11)13)4-3-5-14(15)22-18(25)10-8-24(2)23-16(10)17(20)21;1-4(2)3/h3-5,8-9,11,13,17H,6-7H2,1-2H3,(H,22,25);4H,1-3H3. The molecule has 1 amide bonds. The van der Waals surface area contributed by atoms with Gasteiger partial charge in [0.1, 0.15) is 5.69 Å². The molecule has 156 valence electrons. The number of alkyl halides is 2. The molecule has 1 aromatic carbocycles. The van der Waals surface area contributed by atoms with Gasteiger partial charge in [0.25, 0.3) is 12.3 Å². The largest absolute Gasteiger partial charge is 0.322 e. The number of aryl methyl sites for hydroxylation is 1. The number of hydrogen-bond donors (Lipinski definition) is 1. The van der Waals surface area contributed by atoms with Crippen LogP contribution < -0.4 is 5.32 Å². The van der Waals surface area contributed by atoms with Crippen molar-refractivity contribution in [2.45, 2.75) is 58.3 Å². The number of anilines is 1. The van der Waals surface area contributed by atoms with E-state index in [1.54, 1.807) is 0 Å². The summed E-state index contributed by atoms with van der Waals surface area (Å²) >= 11 is 0. The Balaban J connectivity index is 0.000000472. The molecule has 1 spiro atoms. The average molecular weight is 402 g/mol. The van der Waals surface area contributed by atoms with Gasteiger partial charge in [0.2, 0.25) is 0 Å². The van der Waals surface area contributed by atoms with Crippen LogP contribution in [0.1, 0.15) is 80.1 Å². The van der Waals surface area contributed by atoms with E-state index in [9.17, 15) is 13.6 Å². The Bertz CT molecular complexity index is 949. The monoisotopic (exact) mass is 401 g/mol. The second kappa shape index (κ2) is 6.92. The van der Waals surface area contributed by atoms with Crippen molar-refractivity contribution in [1.82, 2.24) is 9.78 Å². The molecule has 4 nitrogen and oxygen atoms in total. The number of aromatic nitrogens is 2. The van der Waals surface area contributed by atoms with Crippen LogP contribution in [0.3, 0.4) is 0 Å². The average Bonchev–Trinajstić information content (AvgIpc) is 2.93. The van der Waals surface area contributed by atoms with Gasteiger partial charge in [0, 0.05) is 24.3 Å². The quantitative estimate of drug-likeness (QED) is 0.721. The second-order valence-corrected chi connectivity index (χ2v) is 9.31. The van der Waals surface area contributed by atoms with Crippen molar-refractivity contribution in [2.75, 3.05) is 5.32 Å². The van der Waals surface area contributed by atoms with E-state index in [2.05, 4.69) is 44.2 Å². The van der Waals surface area contributed by atoms with Crippen molar-refractivity contribution < 1.29 is 13.6 Å². The Morgan fingerprint density at radius 2 is 1.97 bits per heavy atom. The Kier molecular flexibility index (Phi) is 4.79. The highest BCUT2D eigenvalue weighted by molar-refractivity contribution is 6.05. The Morgan fingerprint density at radius 1 is 1.28 bits per heavy atom. The van der Waals surface area contributed by atoms with Crippen LogP contribution in [-0.4, -0.2) is 15.7 Å². The van der Waals surface area contributed by atoms with Crippen molar-refractivity contribution in [1.29, 1.82) is 0 Å². The summed E-state index contributed by atoms with van der Waals surface area (Å²) in [5.41, 5.74) is 3.13. The zero-order valence-corrected chi connectivity index (χ0v) is 17.7. The van der Waals surface area contributed by atoms with Crippen LogP contribution in [0, 0.1) is 17.8 Å². The molecule has 2 fully saturated rings. The predicted octanol–water partition coefficient (Wildman–Crippen LogP) is 5.67. The second-order valence-electron chi connectivity index (χ2n) is 9.31. The number of nitrogens with zero attached hydrogens (tertiary/aromatic N) is 2. The van der Waals surface area contributed by atoms with Crippen LogP contribution in [0.5, 0.6) is 0 Å². The first-order chi connectivity index (χ1) is 13.7. The lowest BCUT2D eigenvalue weighted by atomic mass is 9.63. The molecule has 0 saturated heterocycles. The molecule has 3 aliphatic carbocycles. The first kappa shape index (κ1) is 20.0. The van der Waals surface area contributed by atoms with Gasteiger partial charge in [-0.3, -0.25) is 9.48 Å². The van der Waals surface area contributed by atoms with Gasteiger partial charge in [0.05, 0.1) is 5.56 Å². The van der Waals surface area contributed by atoms with Gasteiger partial charge in [-0.1, -0.05) is 39.8 Å². The van der Waals surface area contributed by atoms with Gasteiger partial charge in [-0.2, -0.15) is 5.10 Å². The van der Waals surface area contributed by atoms with Crippen LogP contribution in [0.2, 0.25) is 0 Å². The lowest BCUT2D eigenvalue weighted by Crippen LogP contribution is -2.33. The fraction of sp³-hybridized carbons (Fsp3) is 0.565. The first-order valence-corrected chi connectivity index (χ1v) is 10.5. The maximum absolute atomic E-state index is 13.1. The maximum atomic E-state index is 13.1. The molecule has 4 atom stereocenters. The molecule has 3 aliphatic rings. The molecular weight excluding hydrogens is 372 g/mol. The van der Waals surface area contributed by atoms with Crippen molar-refractivity contribution >= 4 is 11.6 Å². The molecule has 1 heterocycles. The highest BCUT2D eigenvalue weighted by Gasteiger charge is 2.75. The summed E-state index contributed by atoms with van der Waals surface area (Å²) in [7, 11) is 1.54. The summed E-state index contributed by atoms with van der Waals surface area (Å²) in [6, 6.07) is 6.00. The molecule has 29 heavy (non-hydrogen) atoms. The molecule has 0 radical (unpaired) electrons. The predicted molar refractivity (Wildman–Crippen MR) is 109 cm³/mol. The number of carbonyl (C=O) groups excluding carboxylic acids is 1. The lowest BCUT2D eigenvalue weighted by molar-refractivity contribution is 0.101. The summed E-state index contributed by atoms with van der Waals surface area (Å²) in [5, 5.41) is 6.58. The fourth-order valence-electron chi connectivity index (χ4n) is 5.72. The third-order valence-corrected chi connectivity index (χ3v) is 6.68. The van der Waals surface area contributed by atoms with Crippen LogP contribution in [0.15, 0.2) is 24.4 Å². The van der Waals surface area contributed by atoms with Crippen LogP contribution in [0.25, 0.3) is 0 Å². The van der Waals surface area contributed by atoms with E-state index < -0.39 is 18.0 Å². The number of rotatable bonds is 3. The molecule has 6 heteroatoms. The smallest absolute Gasteiger partial charge is 0.282 e. The van der Waals surface area contributed by atoms with E-state index in [0.717, 1.165) is 23.9 Å². The third kappa shape index (κ3) is 2.90. The minimum atomic E-state index is -2.77. The zero-order valence-electron chi connectivity index (χ0n) is 17.7. The summed E-state index contributed by atoms with van der Waals surface area (Å²) in [5.74, 6) is 2.31. The van der Waals surface area contributed by atoms with Gasteiger partial charge in [-0.25, -0.2) is 8.78 Å². The Morgan fingerprint density at radius 3 is 2.59 bits per heavy atom. The number of carbonyl (C=O) groups is 1. The summed E-state index contributed by atoms with van der Waals surface area (Å²) < 4.78 is 27.5. The number of nitrogens with one attached hydrogen (secondary N) is 1. The summed E-state index contributed by atoms with van der Waals surface area (Å²) in [6.07, 6.45) is 0.977. The molecule has 1 N–H and O–H groups in total. The highest BCUT2D eigenvalue weighted by atomic mass is 19.3. The molecule has 1 aromatic heterocycles. The van der Waals surface area contributed by atoms with Gasteiger partial charge >= 0.3 is 0 Å². The van der Waals surface area contributed by atoms with E-state index in [-0.39, 0.29) is 5.56 Å². The SMILES string of the molecule is CC(C)C.CC1C2CCC3c4c(NC(=O)c5cn(C)nc5C(F)F)cccc4C312. The number of hydrogen-bond acceptors (Lipinski definition) is 2. The zero-order chi connectivity index (χ0) is 21.1. The molecule has 2 saturated carbocycles. The number of fused-ring (bicyclic) bond motifs is 2. The van der Waals surface area contributed by atoms with Gasteiger partial charge < -0.3 is 5.32 Å². The lowest BCUT2D eigenvalue weighted by Gasteiger charge is -2.41. The van der Waals surface area contributed by atoms with Crippen LogP contribution in [0.4, 0.5) is 14.5 Å². The molecule has 4 unspecified atom stereocenters. The van der Waals surface area contributed by atoms with Crippen molar-refractivity contribution in [3.63, 3.8) is 0 Å². The summed E-state index contributed by atoms with van der Waals surface area (Å²) in [4.78, 5) is 12.6. The van der Waals surface area contributed by atoms with Crippen molar-refractivity contribution in [3.8, 4) is 0 Å². The number of benzene rings is 1. The van der Waals surface area contributed by atoms with Gasteiger partial charge in [0.15, 0.2) is 0 Å². The molecule has 2 aromatic rings. The van der Waals surface area contributed by atoms with E-state index in [4.69, 9.17) is 0 Å². The third-order valence-electron chi connectivity index (χ3n) is 6.68. The maximum Gasteiger partial charge on any atom is 0.282 e. The van der Waals surface area contributed by atoms with Crippen LogP contribution >= 0.6 is 0 Å². The molecule has 5 rings (SSSR count). The molecule has 0 bridgehead atoms. The van der Waals surface area contributed by atoms with E-state index in [1.807, 2.05) is 12.1 Å². The minimum absolute atomic E-state index is 0.0618. The molecular formula is C23H29F2N3O. The topological polar surface area (TPSA) is 46.9 Å². The first-order valence-electron chi connectivity index (χ1n) is 10.5. The van der Waals surface area contributed by atoms with Gasteiger partial charge in [-0.05, 0) is 53.7 Å². The fourth-order valence-corrected chi connectivity index (χ4v) is 5.72. The van der Waals surface area contributed by atoms with Gasteiger partial charge in [-0.15, -0.1) is 0 Å². The Hall–Kier alpha value is -2.24. The van der Waals surface area contributed by atoms with Crippen molar-refractivity contribution in [2.24, 2.45) is 24.8 Å². The number of halogens is 2. The number of amides is 1. The summed E-state index contributed by atoms with van der Waals surface area (Å²) in [6.45, 7) is 8.82. The molecule has 0 aliphatic heterocycles. The minimum Gasteiger partial charge on any atom is -0.322 e. The van der Waals surface area contributed by atoms with E-state index in [1.165, 1.54) is 35.5 Å². The van der Waals surface area contributed by atoms with E-state index in [0.29, 0.717) is 17.3 Å². The normalized spacial score (nSPS) is 28.1. The van der Waals surface area contributed by atoms with Crippen LogP contribution in [-0.2, 0) is 12.5 Å². The van der Waals surface area contributed by atoms with Crippen molar-refractivity contribution in [3.05, 3.63) is 46.8 Å².